The minimum Gasteiger partial charge on any atom is -0.508 e. The lowest BCUT2D eigenvalue weighted by atomic mass is 10.0. The Morgan fingerprint density at radius 2 is 1.32 bits per heavy atom. The maximum atomic E-state index is 12.7. The van der Waals surface area contributed by atoms with E-state index in [9.17, 15) is 18.3 Å². The Hall–Kier alpha value is -1.39. The molecule has 6 heteroatoms. The molecule has 0 heterocycles. The molecule has 0 amide bonds. The van der Waals surface area contributed by atoms with Gasteiger partial charge in [-0.3, -0.25) is 0 Å². The van der Waals surface area contributed by atoms with Crippen molar-refractivity contribution in [1.82, 2.24) is 0 Å². The fourth-order valence-corrected chi connectivity index (χ4v) is 2.19. The van der Waals surface area contributed by atoms with Crippen LogP contribution in [-0.4, -0.2) is 5.11 Å². The highest BCUT2D eigenvalue weighted by atomic mass is 35.5. The van der Waals surface area contributed by atoms with Crippen molar-refractivity contribution < 1.29 is 18.3 Å². The molecule has 0 aliphatic carbocycles. The highest BCUT2D eigenvalue weighted by molar-refractivity contribution is 6.35. The average molecular weight is 307 g/mol. The number of benzene rings is 2. The van der Waals surface area contributed by atoms with E-state index in [2.05, 4.69) is 0 Å². The summed E-state index contributed by atoms with van der Waals surface area (Å²) >= 11 is 11.6. The van der Waals surface area contributed by atoms with E-state index in [1.54, 1.807) is 0 Å². The molecular weight excluding hydrogens is 300 g/mol. The molecule has 2 aromatic rings. The molecule has 0 saturated heterocycles. The maximum Gasteiger partial charge on any atom is 0.416 e. The number of phenols is 1. The van der Waals surface area contributed by atoms with Crippen molar-refractivity contribution in [2.24, 2.45) is 0 Å². The molecule has 0 spiro atoms. The number of hydrogen-bond acceptors (Lipinski definition) is 1. The van der Waals surface area contributed by atoms with Gasteiger partial charge in [0.05, 0.1) is 5.56 Å². The summed E-state index contributed by atoms with van der Waals surface area (Å²) in [5.41, 5.74) is -0.339. The van der Waals surface area contributed by atoms with Gasteiger partial charge in [0.25, 0.3) is 0 Å². The molecule has 0 saturated carbocycles. The van der Waals surface area contributed by atoms with Crippen LogP contribution in [0.4, 0.5) is 13.2 Å². The van der Waals surface area contributed by atoms with Crippen molar-refractivity contribution in [2.45, 2.75) is 6.18 Å². The second kappa shape index (κ2) is 4.94. The summed E-state index contributed by atoms with van der Waals surface area (Å²) in [5, 5.41) is 10.0. The van der Waals surface area contributed by atoms with E-state index in [0.717, 1.165) is 6.07 Å². The predicted molar refractivity (Wildman–Crippen MR) is 68.6 cm³/mol. The zero-order valence-corrected chi connectivity index (χ0v) is 10.8. The molecular formula is C13H7Cl2F3O. The Balaban J connectivity index is 2.59. The molecule has 100 valence electrons. The normalized spacial score (nSPS) is 11.6. The third-order valence-electron chi connectivity index (χ3n) is 2.44. The smallest absolute Gasteiger partial charge is 0.416 e. The molecule has 19 heavy (non-hydrogen) atoms. The first-order valence-corrected chi connectivity index (χ1v) is 5.89. The molecule has 0 bridgehead atoms. The summed E-state index contributed by atoms with van der Waals surface area (Å²) in [6.07, 6.45) is -4.53. The molecule has 0 unspecified atom stereocenters. The summed E-state index contributed by atoms with van der Waals surface area (Å²) in [6, 6.07) is 7.24. The first-order chi connectivity index (χ1) is 8.75. The zero-order chi connectivity index (χ0) is 14.2. The van der Waals surface area contributed by atoms with Gasteiger partial charge in [-0.05, 0) is 47.5 Å². The number of phenolic OH excluding ortho intramolecular Hbond substituents is 1. The summed E-state index contributed by atoms with van der Waals surface area (Å²) in [5.74, 6) is -0.471. The molecule has 0 aromatic heterocycles. The minimum atomic E-state index is -4.53. The van der Waals surface area contributed by atoms with Crippen LogP contribution in [0, 0.1) is 0 Å². The van der Waals surface area contributed by atoms with Gasteiger partial charge in [-0.1, -0.05) is 23.2 Å². The van der Waals surface area contributed by atoms with Crippen LogP contribution in [0.1, 0.15) is 5.56 Å². The van der Waals surface area contributed by atoms with Gasteiger partial charge in [-0.2, -0.15) is 13.2 Å². The second-order valence-electron chi connectivity index (χ2n) is 3.92. The van der Waals surface area contributed by atoms with Crippen LogP contribution >= 0.6 is 23.2 Å². The third-order valence-corrected chi connectivity index (χ3v) is 2.88. The van der Waals surface area contributed by atoms with Crippen molar-refractivity contribution in [3.05, 3.63) is 52.0 Å². The van der Waals surface area contributed by atoms with Crippen LogP contribution in [0.2, 0.25) is 10.0 Å². The third kappa shape index (κ3) is 3.33. The van der Waals surface area contributed by atoms with Gasteiger partial charge in [0.1, 0.15) is 5.75 Å². The van der Waals surface area contributed by atoms with Crippen LogP contribution in [0.25, 0.3) is 11.1 Å². The number of rotatable bonds is 1. The number of halogens is 5. The quantitative estimate of drug-likeness (QED) is 0.749. The second-order valence-corrected chi connectivity index (χ2v) is 4.80. The van der Waals surface area contributed by atoms with E-state index >= 15 is 0 Å². The fraction of sp³-hybridized carbons (Fsp3) is 0.0769. The Morgan fingerprint density at radius 1 is 0.789 bits per heavy atom. The van der Waals surface area contributed by atoms with Crippen LogP contribution in [-0.2, 0) is 6.18 Å². The topological polar surface area (TPSA) is 20.2 Å². The summed E-state index contributed by atoms with van der Waals surface area (Å²) in [6.45, 7) is 0. The predicted octanol–water partition coefficient (Wildman–Crippen LogP) is 5.38. The van der Waals surface area contributed by atoms with Gasteiger partial charge >= 0.3 is 6.18 Å². The fourth-order valence-electron chi connectivity index (χ4n) is 1.66. The minimum absolute atomic E-state index is 0.191. The first kappa shape index (κ1) is 14.0. The van der Waals surface area contributed by atoms with Gasteiger partial charge < -0.3 is 5.11 Å². The van der Waals surface area contributed by atoms with Crippen LogP contribution < -0.4 is 0 Å². The highest BCUT2D eigenvalue weighted by Gasteiger charge is 2.31. The van der Waals surface area contributed by atoms with Gasteiger partial charge in [0.15, 0.2) is 0 Å². The van der Waals surface area contributed by atoms with Crippen LogP contribution in [0.3, 0.4) is 0 Å². The van der Waals surface area contributed by atoms with Crippen molar-refractivity contribution in [1.29, 1.82) is 0 Å². The maximum absolute atomic E-state index is 12.7. The monoisotopic (exact) mass is 306 g/mol. The molecule has 0 aliphatic rings. The van der Waals surface area contributed by atoms with Crippen molar-refractivity contribution in [3.63, 3.8) is 0 Å². The van der Waals surface area contributed by atoms with Gasteiger partial charge in [0, 0.05) is 10.0 Å². The Kier molecular flexibility index (Phi) is 3.65. The van der Waals surface area contributed by atoms with Crippen LogP contribution in [0.15, 0.2) is 36.4 Å². The Labute approximate surface area is 117 Å². The average Bonchev–Trinajstić information content (AvgIpc) is 2.25. The number of aromatic hydroxyl groups is 1. The molecule has 2 rings (SSSR count). The molecule has 1 N–H and O–H groups in total. The van der Waals surface area contributed by atoms with E-state index in [0.29, 0.717) is 21.7 Å². The van der Waals surface area contributed by atoms with Gasteiger partial charge in [-0.15, -0.1) is 0 Å². The van der Waals surface area contributed by atoms with Crippen molar-refractivity contribution >= 4 is 23.2 Å². The molecule has 1 nitrogen and oxygen atoms in total. The van der Waals surface area contributed by atoms with E-state index in [1.165, 1.54) is 24.3 Å². The largest absolute Gasteiger partial charge is 0.508 e. The Morgan fingerprint density at radius 3 is 1.84 bits per heavy atom. The summed E-state index contributed by atoms with van der Waals surface area (Å²) < 4.78 is 38.0. The van der Waals surface area contributed by atoms with Crippen LogP contribution in [0.5, 0.6) is 5.75 Å². The molecule has 0 fully saturated rings. The van der Waals surface area contributed by atoms with Gasteiger partial charge in [0.2, 0.25) is 0 Å². The van der Waals surface area contributed by atoms with Gasteiger partial charge in [-0.25, -0.2) is 0 Å². The first-order valence-electron chi connectivity index (χ1n) is 5.13. The van der Waals surface area contributed by atoms with E-state index < -0.39 is 17.5 Å². The summed E-state index contributed by atoms with van der Waals surface area (Å²) in [7, 11) is 0. The lowest BCUT2D eigenvalue weighted by Crippen LogP contribution is -2.04. The van der Waals surface area contributed by atoms with Crippen molar-refractivity contribution in [3.8, 4) is 16.9 Å². The van der Waals surface area contributed by atoms with E-state index in [1.807, 2.05) is 0 Å². The lowest BCUT2D eigenvalue weighted by molar-refractivity contribution is -0.137. The molecule has 0 aliphatic heterocycles. The van der Waals surface area contributed by atoms with E-state index in [4.69, 9.17) is 23.2 Å². The molecule has 2 aromatic carbocycles. The van der Waals surface area contributed by atoms with Crippen molar-refractivity contribution in [2.75, 3.05) is 0 Å². The van der Waals surface area contributed by atoms with E-state index in [-0.39, 0.29) is 5.56 Å². The highest BCUT2D eigenvalue weighted by Crippen LogP contribution is 2.36. The molecule has 0 radical (unpaired) electrons. The summed E-state index contributed by atoms with van der Waals surface area (Å²) in [4.78, 5) is 0. The zero-order valence-electron chi connectivity index (χ0n) is 9.30. The number of hydrogen-bond donors (Lipinski definition) is 1. The Bertz CT molecular complexity index is 604. The SMILES string of the molecule is Oc1cc(-c2cc(Cl)cc(Cl)c2)cc(C(F)(F)F)c1. The molecule has 0 atom stereocenters. The number of alkyl halides is 3. The lowest BCUT2D eigenvalue weighted by Gasteiger charge is -2.10. The standard InChI is InChI=1S/C13H7Cl2F3O/c14-10-2-8(3-11(15)6-10)7-1-9(13(16,17)18)5-12(19)4-7/h1-6,19H.